The maximum atomic E-state index is 13.3. The fraction of sp³-hybridized carbons (Fsp3) is 0.412. The third-order valence-electron chi connectivity index (χ3n) is 3.97. The molecule has 23 heavy (non-hydrogen) atoms. The highest BCUT2D eigenvalue weighted by atomic mass is 35.5. The van der Waals surface area contributed by atoms with Crippen molar-refractivity contribution in [3.63, 3.8) is 0 Å². The Morgan fingerprint density at radius 1 is 1.30 bits per heavy atom. The Bertz CT molecular complexity index is 707. The number of hydrogen-bond acceptors (Lipinski definition) is 4. The van der Waals surface area contributed by atoms with Crippen molar-refractivity contribution in [3.8, 4) is 0 Å². The topological polar surface area (TPSA) is 41.1 Å². The molecule has 2 aromatic rings. The molecule has 0 bridgehead atoms. The third kappa shape index (κ3) is 3.91. The van der Waals surface area contributed by atoms with Crippen molar-refractivity contribution in [1.29, 1.82) is 0 Å². The van der Waals surface area contributed by atoms with Crippen molar-refractivity contribution in [2.45, 2.75) is 26.7 Å². The smallest absolute Gasteiger partial charge is 0.227 e. The van der Waals surface area contributed by atoms with Crippen molar-refractivity contribution in [1.82, 2.24) is 9.97 Å². The molecule has 1 fully saturated rings. The number of halogens is 2. The van der Waals surface area contributed by atoms with E-state index < -0.39 is 5.82 Å². The van der Waals surface area contributed by atoms with E-state index in [-0.39, 0.29) is 5.02 Å². The second-order valence-corrected chi connectivity index (χ2v) is 6.55. The fourth-order valence-electron chi connectivity index (χ4n) is 2.85. The average molecular weight is 335 g/mol. The van der Waals surface area contributed by atoms with E-state index in [9.17, 15) is 4.39 Å². The second-order valence-electron chi connectivity index (χ2n) is 6.14. The first-order valence-corrected chi connectivity index (χ1v) is 8.22. The summed E-state index contributed by atoms with van der Waals surface area (Å²) in [4.78, 5) is 11.4. The normalized spacial score (nSPS) is 18.1. The zero-order valence-electron chi connectivity index (χ0n) is 13.3. The summed E-state index contributed by atoms with van der Waals surface area (Å²) in [6.45, 7) is 6.16. The van der Waals surface area contributed by atoms with E-state index >= 15 is 0 Å². The van der Waals surface area contributed by atoms with Gasteiger partial charge in [-0.1, -0.05) is 18.5 Å². The van der Waals surface area contributed by atoms with Crippen LogP contribution < -0.4 is 10.2 Å². The number of nitrogens with zero attached hydrogens (tertiary/aromatic N) is 3. The molecule has 1 saturated heterocycles. The molecule has 1 N–H and O–H groups in total. The van der Waals surface area contributed by atoms with E-state index in [2.05, 4.69) is 27.1 Å². The zero-order chi connectivity index (χ0) is 16.4. The lowest BCUT2D eigenvalue weighted by Crippen LogP contribution is -2.35. The van der Waals surface area contributed by atoms with E-state index in [1.807, 2.05) is 13.0 Å². The molecule has 0 amide bonds. The van der Waals surface area contributed by atoms with Crippen LogP contribution in [0.3, 0.4) is 0 Å². The van der Waals surface area contributed by atoms with E-state index in [0.717, 1.165) is 31.2 Å². The molecule has 122 valence electrons. The van der Waals surface area contributed by atoms with Crippen LogP contribution in [0.15, 0.2) is 24.3 Å². The van der Waals surface area contributed by atoms with Gasteiger partial charge in [-0.05, 0) is 43.9 Å². The molecule has 1 aromatic carbocycles. The average Bonchev–Trinajstić information content (AvgIpc) is 2.50. The summed E-state index contributed by atoms with van der Waals surface area (Å²) in [7, 11) is 0. The van der Waals surface area contributed by atoms with Crippen LogP contribution in [0.1, 0.15) is 25.5 Å². The van der Waals surface area contributed by atoms with Gasteiger partial charge in [0.15, 0.2) is 0 Å². The molecule has 1 aliphatic heterocycles. The molecule has 1 aliphatic rings. The van der Waals surface area contributed by atoms with Gasteiger partial charge in [-0.2, -0.15) is 4.98 Å². The van der Waals surface area contributed by atoms with E-state index in [1.54, 1.807) is 12.1 Å². The Morgan fingerprint density at radius 2 is 2.13 bits per heavy atom. The second kappa shape index (κ2) is 6.71. The van der Waals surface area contributed by atoms with Gasteiger partial charge < -0.3 is 10.2 Å². The van der Waals surface area contributed by atoms with Crippen molar-refractivity contribution in [2.75, 3.05) is 23.3 Å². The molecule has 4 nitrogen and oxygen atoms in total. The molecule has 0 saturated carbocycles. The van der Waals surface area contributed by atoms with Gasteiger partial charge in [0.25, 0.3) is 0 Å². The van der Waals surface area contributed by atoms with Crippen molar-refractivity contribution in [3.05, 3.63) is 40.8 Å². The fourth-order valence-corrected chi connectivity index (χ4v) is 3.03. The van der Waals surface area contributed by atoms with Crippen LogP contribution in [0.4, 0.5) is 21.8 Å². The molecule has 6 heteroatoms. The van der Waals surface area contributed by atoms with Crippen molar-refractivity contribution >= 4 is 29.1 Å². The number of nitrogens with one attached hydrogen (secondary N) is 1. The molecule has 0 spiro atoms. The molecular weight excluding hydrogens is 315 g/mol. The quantitative estimate of drug-likeness (QED) is 0.893. The Labute approximate surface area is 140 Å². The Morgan fingerprint density at radius 3 is 2.87 bits per heavy atom. The molecule has 2 heterocycles. The summed E-state index contributed by atoms with van der Waals surface area (Å²) in [5.41, 5.74) is 1.59. The lowest BCUT2D eigenvalue weighted by Gasteiger charge is -2.31. The molecule has 3 rings (SSSR count). The van der Waals surface area contributed by atoms with E-state index in [0.29, 0.717) is 17.4 Å². The zero-order valence-corrected chi connectivity index (χ0v) is 14.1. The lowest BCUT2D eigenvalue weighted by atomic mass is 10.0. The van der Waals surface area contributed by atoms with Gasteiger partial charge in [-0.25, -0.2) is 9.37 Å². The predicted molar refractivity (Wildman–Crippen MR) is 92.1 cm³/mol. The van der Waals surface area contributed by atoms with E-state index in [4.69, 9.17) is 11.6 Å². The molecule has 1 atom stereocenters. The van der Waals surface area contributed by atoms with Crippen LogP contribution in [0.5, 0.6) is 0 Å². The van der Waals surface area contributed by atoms with Gasteiger partial charge in [0.1, 0.15) is 11.6 Å². The highest BCUT2D eigenvalue weighted by Crippen LogP contribution is 2.25. The van der Waals surface area contributed by atoms with Crippen molar-refractivity contribution < 1.29 is 4.39 Å². The third-order valence-corrected chi connectivity index (χ3v) is 4.26. The summed E-state index contributed by atoms with van der Waals surface area (Å²) < 4.78 is 13.3. The van der Waals surface area contributed by atoms with Gasteiger partial charge in [0, 0.05) is 30.5 Å². The van der Waals surface area contributed by atoms with Crippen LogP contribution in [0.25, 0.3) is 0 Å². The number of aromatic nitrogens is 2. The largest absolute Gasteiger partial charge is 0.340 e. The van der Waals surface area contributed by atoms with Gasteiger partial charge in [-0.3, -0.25) is 0 Å². The highest BCUT2D eigenvalue weighted by molar-refractivity contribution is 6.31. The van der Waals surface area contributed by atoms with Gasteiger partial charge in [0.05, 0.1) is 5.02 Å². The highest BCUT2D eigenvalue weighted by Gasteiger charge is 2.19. The summed E-state index contributed by atoms with van der Waals surface area (Å²) in [6, 6.07) is 6.40. The number of rotatable bonds is 3. The standard InChI is InChI=1S/C17H20ClFN4/c1-11-4-3-7-23(10-11)17-20-12(2)8-16(22-17)21-13-5-6-15(19)14(18)9-13/h5-6,8-9,11H,3-4,7,10H2,1-2H3,(H,20,21,22). The first-order valence-electron chi connectivity index (χ1n) is 7.84. The van der Waals surface area contributed by atoms with Crippen LogP contribution >= 0.6 is 11.6 Å². The Kier molecular flexibility index (Phi) is 4.66. The minimum Gasteiger partial charge on any atom is -0.340 e. The molecule has 1 aromatic heterocycles. The first kappa shape index (κ1) is 16.0. The Balaban J connectivity index is 1.83. The summed E-state index contributed by atoms with van der Waals surface area (Å²) in [6.07, 6.45) is 2.41. The molecule has 1 unspecified atom stereocenters. The number of anilines is 3. The number of benzene rings is 1. The Hall–Kier alpha value is -1.88. The predicted octanol–water partition coefficient (Wildman–Crippen LogP) is 4.56. The monoisotopic (exact) mass is 334 g/mol. The lowest BCUT2D eigenvalue weighted by molar-refractivity contribution is 0.442. The SMILES string of the molecule is Cc1cc(Nc2ccc(F)c(Cl)c2)nc(N2CCCC(C)C2)n1. The first-order chi connectivity index (χ1) is 11.0. The molecule has 0 radical (unpaired) electrons. The van der Waals surface area contributed by atoms with Gasteiger partial charge in [-0.15, -0.1) is 0 Å². The van der Waals surface area contributed by atoms with Crippen LogP contribution in [0, 0.1) is 18.7 Å². The number of hydrogen-bond donors (Lipinski definition) is 1. The van der Waals surface area contributed by atoms with Gasteiger partial charge in [0.2, 0.25) is 5.95 Å². The maximum Gasteiger partial charge on any atom is 0.227 e. The maximum absolute atomic E-state index is 13.3. The summed E-state index contributed by atoms with van der Waals surface area (Å²) in [5, 5.41) is 3.26. The van der Waals surface area contributed by atoms with Crippen LogP contribution in [0.2, 0.25) is 5.02 Å². The van der Waals surface area contributed by atoms with Crippen LogP contribution in [-0.2, 0) is 0 Å². The van der Waals surface area contributed by atoms with Gasteiger partial charge >= 0.3 is 0 Å². The minimum atomic E-state index is -0.431. The number of piperidine rings is 1. The van der Waals surface area contributed by atoms with Crippen molar-refractivity contribution in [2.24, 2.45) is 5.92 Å². The van der Waals surface area contributed by atoms with Crippen LogP contribution in [-0.4, -0.2) is 23.1 Å². The molecule has 0 aliphatic carbocycles. The minimum absolute atomic E-state index is 0.0888. The number of aryl methyl sites for hydroxylation is 1. The molecular formula is C17H20ClFN4. The summed E-state index contributed by atoms with van der Waals surface area (Å²) >= 11 is 5.82. The summed E-state index contributed by atoms with van der Waals surface area (Å²) in [5.74, 6) is 1.65. The van der Waals surface area contributed by atoms with E-state index in [1.165, 1.54) is 12.5 Å².